The van der Waals surface area contributed by atoms with Crippen LogP contribution in [0, 0.1) is 5.41 Å². The molecule has 1 aromatic rings. The molecule has 106 valence electrons. The third-order valence-electron chi connectivity index (χ3n) is 3.33. The molecule has 0 aliphatic carbocycles. The summed E-state index contributed by atoms with van der Waals surface area (Å²) >= 11 is 0. The second-order valence-electron chi connectivity index (χ2n) is 4.63. The van der Waals surface area contributed by atoms with Gasteiger partial charge in [0.25, 0.3) is 0 Å². The van der Waals surface area contributed by atoms with Crippen molar-refractivity contribution in [1.82, 2.24) is 9.88 Å². The maximum atomic E-state index is 9.19. The first-order valence-corrected chi connectivity index (χ1v) is 6.76. The third kappa shape index (κ3) is 4.61. The molecule has 0 fully saturated rings. The summed E-state index contributed by atoms with van der Waals surface area (Å²) in [7, 11) is 0. The van der Waals surface area contributed by atoms with Crippen LogP contribution in [0.2, 0.25) is 0 Å². The molecule has 0 saturated heterocycles. The number of aliphatic hydroxyl groups excluding tert-OH is 1. The quantitative estimate of drug-likeness (QED) is 0.488. The average molecular weight is 264 g/mol. The number of nitrogens with two attached hydrogens (primary N) is 1. The molecule has 0 radical (unpaired) electrons. The van der Waals surface area contributed by atoms with Gasteiger partial charge in [-0.3, -0.25) is 15.3 Å². The minimum Gasteiger partial charge on any atom is -0.395 e. The van der Waals surface area contributed by atoms with Crippen LogP contribution >= 0.6 is 0 Å². The molecule has 1 rings (SSSR count). The van der Waals surface area contributed by atoms with Crippen molar-refractivity contribution >= 4 is 5.84 Å². The Hall–Kier alpha value is -1.46. The second-order valence-corrected chi connectivity index (χ2v) is 4.63. The van der Waals surface area contributed by atoms with Crippen LogP contribution in [0.4, 0.5) is 0 Å². The van der Waals surface area contributed by atoms with E-state index in [1.165, 1.54) is 0 Å². The van der Waals surface area contributed by atoms with Crippen LogP contribution < -0.4 is 5.73 Å². The first kappa shape index (κ1) is 15.6. The Morgan fingerprint density at radius 1 is 1.47 bits per heavy atom. The Labute approximate surface area is 115 Å². The van der Waals surface area contributed by atoms with E-state index in [-0.39, 0.29) is 12.4 Å². The zero-order valence-corrected chi connectivity index (χ0v) is 11.8. The number of hydrogen-bond donors (Lipinski definition) is 3. The van der Waals surface area contributed by atoms with Crippen molar-refractivity contribution in [2.24, 2.45) is 5.73 Å². The maximum Gasteiger partial charge on any atom is 0.141 e. The van der Waals surface area contributed by atoms with Crippen LogP contribution in [0.1, 0.15) is 37.9 Å². The van der Waals surface area contributed by atoms with Crippen LogP contribution in [0.25, 0.3) is 0 Å². The number of nitrogens with one attached hydrogen (secondary N) is 1. The number of amidine groups is 1. The highest BCUT2D eigenvalue weighted by atomic mass is 16.3. The van der Waals surface area contributed by atoms with Gasteiger partial charge in [0.05, 0.1) is 6.61 Å². The van der Waals surface area contributed by atoms with E-state index >= 15 is 0 Å². The molecule has 4 N–H and O–H groups in total. The molecule has 0 saturated carbocycles. The fourth-order valence-corrected chi connectivity index (χ4v) is 2.28. The number of aromatic nitrogens is 1. The predicted molar refractivity (Wildman–Crippen MR) is 77.1 cm³/mol. The highest BCUT2D eigenvalue weighted by Gasteiger charge is 2.15. The predicted octanol–water partition coefficient (Wildman–Crippen LogP) is 1.35. The molecule has 5 nitrogen and oxygen atoms in total. The number of nitrogen functional groups attached to an aromatic ring is 1. The van der Waals surface area contributed by atoms with Gasteiger partial charge in [0.1, 0.15) is 11.5 Å². The van der Waals surface area contributed by atoms with Crippen molar-refractivity contribution in [3.05, 3.63) is 29.6 Å². The van der Waals surface area contributed by atoms with Crippen molar-refractivity contribution < 1.29 is 5.11 Å². The third-order valence-corrected chi connectivity index (χ3v) is 3.33. The van der Waals surface area contributed by atoms with Crippen LogP contribution in [-0.2, 0) is 6.54 Å². The van der Waals surface area contributed by atoms with Crippen LogP contribution in [0.5, 0.6) is 0 Å². The minimum atomic E-state index is -0.0157. The van der Waals surface area contributed by atoms with Gasteiger partial charge in [0.2, 0.25) is 0 Å². The average Bonchev–Trinajstić information content (AvgIpc) is 2.40. The van der Waals surface area contributed by atoms with Crippen LogP contribution in [0.3, 0.4) is 0 Å². The molecular weight excluding hydrogens is 240 g/mol. The van der Waals surface area contributed by atoms with Gasteiger partial charge in [0.15, 0.2) is 0 Å². The van der Waals surface area contributed by atoms with Crippen molar-refractivity contribution in [1.29, 1.82) is 5.41 Å². The molecule has 0 aromatic carbocycles. The lowest BCUT2D eigenvalue weighted by Crippen LogP contribution is -2.36. The van der Waals surface area contributed by atoms with Gasteiger partial charge in [0, 0.05) is 25.3 Å². The molecule has 0 aliphatic rings. The van der Waals surface area contributed by atoms with E-state index < -0.39 is 0 Å². The monoisotopic (exact) mass is 264 g/mol. The van der Waals surface area contributed by atoms with E-state index in [4.69, 9.17) is 11.1 Å². The van der Waals surface area contributed by atoms with Gasteiger partial charge >= 0.3 is 0 Å². The fraction of sp³-hybridized carbons (Fsp3) is 0.571. The summed E-state index contributed by atoms with van der Waals surface area (Å²) in [6, 6.07) is 4.23. The Bertz CT molecular complexity index is 404. The van der Waals surface area contributed by atoms with E-state index in [0.29, 0.717) is 18.3 Å². The Balaban J connectivity index is 2.83. The van der Waals surface area contributed by atoms with Gasteiger partial charge < -0.3 is 10.8 Å². The Morgan fingerprint density at radius 3 is 2.68 bits per heavy atom. The molecule has 0 bridgehead atoms. The molecular formula is C14H24N4O. The van der Waals surface area contributed by atoms with Gasteiger partial charge in [-0.05, 0) is 30.5 Å². The zero-order chi connectivity index (χ0) is 14.3. The lowest BCUT2D eigenvalue weighted by Gasteiger charge is -2.29. The van der Waals surface area contributed by atoms with Crippen molar-refractivity contribution in [3.63, 3.8) is 0 Å². The van der Waals surface area contributed by atoms with E-state index in [0.717, 1.165) is 24.9 Å². The van der Waals surface area contributed by atoms with E-state index in [9.17, 15) is 5.11 Å². The Kier molecular flexibility index (Phi) is 6.45. The first-order chi connectivity index (χ1) is 9.12. The molecule has 0 atom stereocenters. The fourth-order valence-electron chi connectivity index (χ4n) is 2.28. The van der Waals surface area contributed by atoms with Gasteiger partial charge in [-0.1, -0.05) is 13.8 Å². The second kappa shape index (κ2) is 7.86. The van der Waals surface area contributed by atoms with E-state index in [1.807, 2.05) is 12.1 Å². The van der Waals surface area contributed by atoms with Crippen molar-refractivity contribution in [3.8, 4) is 0 Å². The highest BCUT2D eigenvalue weighted by Crippen LogP contribution is 2.13. The summed E-state index contributed by atoms with van der Waals surface area (Å²) in [5.74, 6) is -0.0157. The summed E-state index contributed by atoms with van der Waals surface area (Å²) < 4.78 is 0. The minimum absolute atomic E-state index is 0.0157. The number of nitrogens with zero attached hydrogens (tertiary/aromatic N) is 2. The van der Waals surface area contributed by atoms with Crippen LogP contribution in [0.15, 0.2) is 18.3 Å². The number of pyridine rings is 1. The number of hydrogen-bond acceptors (Lipinski definition) is 4. The molecule has 19 heavy (non-hydrogen) atoms. The summed E-state index contributed by atoms with van der Waals surface area (Å²) in [6.07, 6.45) is 3.79. The summed E-state index contributed by atoms with van der Waals surface area (Å²) in [4.78, 5) is 6.32. The standard InChI is InChI=1S/C14H24N4O/c1-3-12(4-2)18(7-8-19)10-11-5-6-17-13(9-11)14(15)16/h5-6,9,12,19H,3-4,7-8,10H2,1-2H3,(H3,15,16). The SMILES string of the molecule is CCC(CC)N(CCO)Cc1ccnc(C(=N)N)c1. The Morgan fingerprint density at radius 2 is 2.16 bits per heavy atom. The molecule has 5 heteroatoms. The topological polar surface area (TPSA) is 86.2 Å². The molecule has 1 aromatic heterocycles. The van der Waals surface area contributed by atoms with Gasteiger partial charge in [-0.2, -0.15) is 0 Å². The van der Waals surface area contributed by atoms with Crippen molar-refractivity contribution in [2.75, 3.05) is 13.2 Å². The lowest BCUT2D eigenvalue weighted by atomic mass is 10.1. The maximum absolute atomic E-state index is 9.19. The first-order valence-electron chi connectivity index (χ1n) is 6.76. The highest BCUT2D eigenvalue weighted by molar-refractivity contribution is 5.93. The lowest BCUT2D eigenvalue weighted by molar-refractivity contribution is 0.136. The smallest absolute Gasteiger partial charge is 0.141 e. The van der Waals surface area contributed by atoms with E-state index in [2.05, 4.69) is 23.7 Å². The summed E-state index contributed by atoms with van der Waals surface area (Å²) in [5, 5.41) is 16.6. The summed E-state index contributed by atoms with van der Waals surface area (Å²) in [6.45, 7) is 5.87. The number of rotatable bonds is 8. The summed E-state index contributed by atoms with van der Waals surface area (Å²) in [5.41, 5.74) is 7.03. The zero-order valence-electron chi connectivity index (χ0n) is 11.8. The molecule has 0 amide bonds. The van der Waals surface area contributed by atoms with Gasteiger partial charge in [-0.25, -0.2) is 0 Å². The molecule has 0 aliphatic heterocycles. The normalized spacial score (nSPS) is 11.2. The van der Waals surface area contributed by atoms with Crippen LogP contribution in [-0.4, -0.2) is 40.0 Å². The number of aliphatic hydroxyl groups is 1. The molecule has 0 spiro atoms. The molecule has 0 unspecified atom stereocenters. The largest absolute Gasteiger partial charge is 0.395 e. The van der Waals surface area contributed by atoms with E-state index in [1.54, 1.807) is 6.20 Å². The van der Waals surface area contributed by atoms with Crippen molar-refractivity contribution in [2.45, 2.75) is 39.3 Å². The molecule has 1 heterocycles. The van der Waals surface area contributed by atoms with Gasteiger partial charge in [-0.15, -0.1) is 0 Å².